The molecule has 3 rings (SSSR count). The highest BCUT2D eigenvalue weighted by molar-refractivity contribution is 5.76. The third-order valence-electron chi connectivity index (χ3n) is 4.22. The maximum Gasteiger partial charge on any atom is 0.150 e. The smallest absolute Gasteiger partial charge is 0.150 e. The lowest BCUT2D eigenvalue weighted by Gasteiger charge is -2.19. The summed E-state index contributed by atoms with van der Waals surface area (Å²) in [5, 5.41) is 0. The van der Waals surface area contributed by atoms with Gasteiger partial charge < -0.3 is 9.30 Å². The van der Waals surface area contributed by atoms with Gasteiger partial charge in [0.15, 0.2) is 0 Å². The van der Waals surface area contributed by atoms with Gasteiger partial charge in [-0.05, 0) is 51.3 Å². The number of fused-ring (bicyclic) bond motifs is 1. The monoisotopic (exact) mass is 271 g/mol. The molecule has 1 atom stereocenters. The third kappa shape index (κ3) is 2.61. The Bertz CT molecular complexity index is 617. The predicted molar refractivity (Wildman–Crippen MR) is 79.1 cm³/mol. The lowest BCUT2D eigenvalue weighted by atomic mass is 10.0. The first kappa shape index (κ1) is 13.3. The lowest BCUT2D eigenvalue weighted by Crippen LogP contribution is -2.28. The largest absolute Gasteiger partial charge is 0.307 e. The van der Waals surface area contributed by atoms with Gasteiger partial charge in [0.25, 0.3) is 0 Å². The first-order chi connectivity index (χ1) is 9.65. The molecule has 1 aliphatic heterocycles. The summed E-state index contributed by atoms with van der Waals surface area (Å²) in [6, 6.07) is 4.30. The van der Waals surface area contributed by atoms with E-state index in [1.54, 1.807) is 0 Å². The molecule has 1 saturated heterocycles. The van der Waals surface area contributed by atoms with Crippen molar-refractivity contribution in [1.29, 1.82) is 0 Å². The fourth-order valence-corrected chi connectivity index (χ4v) is 3.02. The molecule has 1 aliphatic rings. The van der Waals surface area contributed by atoms with Crippen molar-refractivity contribution in [2.45, 2.75) is 32.7 Å². The van der Waals surface area contributed by atoms with E-state index in [0.29, 0.717) is 17.5 Å². The molecule has 4 nitrogen and oxygen atoms in total. The minimum Gasteiger partial charge on any atom is -0.307 e. The molecule has 20 heavy (non-hydrogen) atoms. The molecule has 0 N–H and O–H groups in total. The minimum atomic E-state index is 0.635. The maximum atomic E-state index is 10.8. The van der Waals surface area contributed by atoms with E-state index in [0.717, 1.165) is 24.0 Å². The number of pyridine rings is 1. The van der Waals surface area contributed by atoms with Crippen LogP contribution in [0.25, 0.3) is 5.65 Å². The zero-order chi connectivity index (χ0) is 14.1. The van der Waals surface area contributed by atoms with Crippen LogP contribution >= 0.6 is 0 Å². The van der Waals surface area contributed by atoms with Crippen LogP contribution in [-0.4, -0.2) is 39.7 Å². The summed E-state index contributed by atoms with van der Waals surface area (Å²) >= 11 is 0. The molecule has 0 amide bonds. The number of aromatic nitrogens is 2. The van der Waals surface area contributed by atoms with E-state index in [2.05, 4.69) is 29.9 Å². The highest BCUT2D eigenvalue weighted by atomic mass is 16.1. The number of imidazole rings is 1. The Balaban J connectivity index is 1.73. The highest BCUT2D eigenvalue weighted by Crippen LogP contribution is 2.22. The number of carbonyl (C=O) groups excluding carboxylic acids is 1. The zero-order valence-corrected chi connectivity index (χ0v) is 12.1. The normalized spacial score (nSPS) is 20.1. The van der Waals surface area contributed by atoms with Crippen LogP contribution in [0.3, 0.4) is 0 Å². The van der Waals surface area contributed by atoms with E-state index < -0.39 is 0 Å². The second kappa shape index (κ2) is 5.37. The summed E-state index contributed by atoms with van der Waals surface area (Å²) in [5.41, 5.74) is 2.67. The van der Waals surface area contributed by atoms with Crippen LogP contribution < -0.4 is 0 Å². The number of likely N-dealkylation sites (tertiary alicyclic amines) is 1. The lowest BCUT2D eigenvalue weighted by molar-refractivity contribution is 0.112. The van der Waals surface area contributed by atoms with Crippen molar-refractivity contribution in [2.75, 3.05) is 13.1 Å². The molecule has 4 heteroatoms. The van der Waals surface area contributed by atoms with Crippen LogP contribution in [-0.2, 0) is 6.42 Å². The van der Waals surface area contributed by atoms with Gasteiger partial charge in [-0.15, -0.1) is 0 Å². The van der Waals surface area contributed by atoms with Gasteiger partial charge in [-0.3, -0.25) is 4.79 Å². The van der Waals surface area contributed by atoms with E-state index in [9.17, 15) is 4.79 Å². The molecule has 0 aromatic carbocycles. The summed E-state index contributed by atoms with van der Waals surface area (Å²) in [6.07, 6.45) is 7.14. The Labute approximate surface area is 119 Å². The Morgan fingerprint density at radius 2 is 2.35 bits per heavy atom. The van der Waals surface area contributed by atoms with Crippen molar-refractivity contribution in [3.8, 4) is 0 Å². The molecular weight excluding hydrogens is 250 g/mol. The first-order valence-corrected chi connectivity index (χ1v) is 7.32. The van der Waals surface area contributed by atoms with E-state index >= 15 is 0 Å². The van der Waals surface area contributed by atoms with Crippen molar-refractivity contribution < 1.29 is 4.79 Å². The van der Waals surface area contributed by atoms with Gasteiger partial charge in [-0.25, -0.2) is 4.98 Å². The van der Waals surface area contributed by atoms with Crippen molar-refractivity contribution in [3.63, 3.8) is 0 Å². The Kier molecular flexibility index (Phi) is 3.57. The van der Waals surface area contributed by atoms with Crippen LogP contribution in [0.15, 0.2) is 24.5 Å². The van der Waals surface area contributed by atoms with Crippen LogP contribution in [0.5, 0.6) is 0 Å². The van der Waals surface area contributed by atoms with Crippen LogP contribution in [0.1, 0.15) is 36.3 Å². The Morgan fingerprint density at radius 1 is 1.50 bits per heavy atom. The Hall–Kier alpha value is -1.68. The molecule has 1 unspecified atom stereocenters. The van der Waals surface area contributed by atoms with Crippen molar-refractivity contribution in [3.05, 3.63) is 35.8 Å². The highest BCUT2D eigenvalue weighted by Gasteiger charge is 2.24. The zero-order valence-electron chi connectivity index (χ0n) is 12.1. The van der Waals surface area contributed by atoms with Gasteiger partial charge in [-0.2, -0.15) is 0 Å². The van der Waals surface area contributed by atoms with E-state index in [1.165, 1.54) is 19.5 Å². The topological polar surface area (TPSA) is 37.6 Å². The second-order valence-corrected chi connectivity index (χ2v) is 6.02. The summed E-state index contributed by atoms with van der Waals surface area (Å²) in [7, 11) is 0. The summed E-state index contributed by atoms with van der Waals surface area (Å²) in [5.74, 6) is 0.702. The standard InChI is InChI=1S/C16H21N3O/c1-12(2)18-5-3-13(9-18)7-15-10-19-6-4-14(11-20)8-16(19)17-15/h4,6,8,10-13H,3,5,7,9H2,1-2H3. The number of carbonyl (C=O) groups is 1. The SMILES string of the molecule is CC(C)N1CCC(Cc2cn3ccc(C=O)cc3n2)C1. The predicted octanol–water partition coefficient (Wildman–Crippen LogP) is 2.42. The molecule has 0 radical (unpaired) electrons. The average molecular weight is 271 g/mol. The molecular formula is C16H21N3O. The first-order valence-electron chi connectivity index (χ1n) is 7.32. The number of nitrogens with zero attached hydrogens (tertiary/aromatic N) is 3. The average Bonchev–Trinajstić information content (AvgIpc) is 3.04. The van der Waals surface area contributed by atoms with E-state index in [1.807, 2.05) is 22.7 Å². The number of aldehydes is 1. The molecule has 0 saturated carbocycles. The van der Waals surface area contributed by atoms with Crippen molar-refractivity contribution >= 4 is 11.9 Å². The maximum absolute atomic E-state index is 10.8. The van der Waals surface area contributed by atoms with Gasteiger partial charge >= 0.3 is 0 Å². The molecule has 1 fully saturated rings. The summed E-state index contributed by atoms with van der Waals surface area (Å²) in [6.45, 7) is 6.89. The summed E-state index contributed by atoms with van der Waals surface area (Å²) < 4.78 is 2.00. The number of hydrogen-bond acceptors (Lipinski definition) is 3. The van der Waals surface area contributed by atoms with Gasteiger partial charge in [0.05, 0.1) is 5.69 Å². The van der Waals surface area contributed by atoms with Gasteiger partial charge in [0, 0.05) is 30.5 Å². The van der Waals surface area contributed by atoms with E-state index in [4.69, 9.17) is 0 Å². The molecule has 2 aromatic heterocycles. The number of rotatable bonds is 4. The molecule has 106 valence electrons. The fraction of sp³-hybridized carbons (Fsp3) is 0.500. The van der Waals surface area contributed by atoms with Crippen LogP contribution in [0.2, 0.25) is 0 Å². The van der Waals surface area contributed by atoms with E-state index in [-0.39, 0.29) is 0 Å². The fourth-order valence-electron chi connectivity index (χ4n) is 3.02. The second-order valence-electron chi connectivity index (χ2n) is 6.02. The molecule has 3 heterocycles. The van der Waals surface area contributed by atoms with Crippen LogP contribution in [0, 0.1) is 5.92 Å². The molecule has 0 spiro atoms. The van der Waals surface area contributed by atoms with Crippen molar-refractivity contribution in [1.82, 2.24) is 14.3 Å². The van der Waals surface area contributed by atoms with Gasteiger partial charge in [0.1, 0.15) is 11.9 Å². The Morgan fingerprint density at radius 3 is 3.05 bits per heavy atom. The molecule has 0 aliphatic carbocycles. The van der Waals surface area contributed by atoms with Crippen LogP contribution in [0.4, 0.5) is 0 Å². The third-order valence-corrected chi connectivity index (χ3v) is 4.22. The van der Waals surface area contributed by atoms with Gasteiger partial charge in [0.2, 0.25) is 0 Å². The quantitative estimate of drug-likeness (QED) is 0.801. The molecule has 0 bridgehead atoms. The number of hydrogen-bond donors (Lipinski definition) is 0. The van der Waals surface area contributed by atoms with Gasteiger partial charge in [-0.1, -0.05) is 0 Å². The van der Waals surface area contributed by atoms with Crippen molar-refractivity contribution in [2.24, 2.45) is 5.92 Å². The molecule has 2 aromatic rings. The summed E-state index contributed by atoms with van der Waals surface area (Å²) in [4.78, 5) is 18.0. The minimum absolute atomic E-state index is 0.635.